The van der Waals surface area contributed by atoms with Gasteiger partial charge in [-0.2, -0.15) is 0 Å². The molecule has 1 saturated heterocycles. The van der Waals surface area contributed by atoms with Crippen LogP contribution >= 0.6 is 0 Å². The van der Waals surface area contributed by atoms with Crippen molar-refractivity contribution >= 4 is 22.9 Å². The minimum Gasteiger partial charge on any atom is -0.348 e. The summed E-state index contributed by atoms with van der Waals surface area (Å²) in [6, 6.07) is 3.67. The van der Waals surface area contributed by atoms with Gasteiger partial charge < -0.3 is 9.80 Å². The van der Waals surface area contributed by atoms with Crippen molar-refractivity contribution in [3.05, 3.63) is 41.3 Å². The molecule has 2 aromatic rings. The highest BCUT2D eigenvalue weighted by molar-refractivity contribution is 5.79. The molecule has 7 nitrogen and oxygen atoms in total. The zero-order valence-corrected chi connectivity index (χ0v) is 16.1. The topological polar surface area (TPSA) is 71.3 Å². The molecule has 0 N–H and O–H groups in total. The number of pyridine rings is 1. The maximum atomic E-state index is 13.0. The Balaban J connectivity index is 1.83. The number of hydrogen-bond acceptors (Lipinski definition) is 5. The molecule has 144 valence electrons. The number of carbonyl (C=O) groups excluding carboxylic acids is 1. The van der Waals surface area contributed by atoms with E-state index in [1.54, 1.807) is 16.8 Å². The largest absolute Gasteiger partial charge is 0.348 e. The van der Waals surface area contributed by atoms with E-state index in [1.807, 2.05) is 28.9 Å². The van der Waals surface area contributed by atoms with Crippen LogP contribution in [-0.4, -0.2) is 51.5 Å². The first-order chi connectivity index (χ1) is 13.1. The van der Waals surface area contributed by atoms with Crippen molar-refractivity contribution in [1.82, 2.24) is 19.4 Å². The van der Waals surface area contributed by atoms with Gasteiger partial charge >= 0.3 is 0 Å². The highest BCUT2D eigenvalue weighted by Gasteiger charge is 2.26. The molecule has 7 heteroatoms. The molecule has 1 aliphatic rings. The average Bonchev–Trinajstić information content (AvgIpc) is 2.70. The number of piperazine rings is 1. The summed E-state index contributed by atoms with van der Waals surface area (Å²) in [5.74, 6) is 0.679. The Hall–Kier alpha value is -2.70. The van der Waals surface area contributed by atoms with Crippen molar-refractivity contribution in [2.45, 2.75) is 33.2 Å². The first-order valence-corrected chi connectivity index (χ1v) is 9.57. The Morgan fingerprint density at radius 1 is 1.33 bits per heavy atom. The van der Waals surface area contributed by atoms with Crippen LogP contribution in [0.5, 0.6) is 0 Å². The summed E-state index contributed by atoms with van der Waals surface area (Å²) in [5.41, 5.74) is 1.08. The molecule has 1 atom stereocenters. The number of rotatable bonds is 6. The van der Waals surface area contributed by atoms with Crippen molar-refractivity contribution in [2.24, 2.45) is 5.92 Å². The number of hydrogen-bond donors (Lipinski definition) is 0. The van der Waals surface area contributed by atoms with Crippen LogP contribution in [0.2, 0.25) is 0 Å². The smallest absolute Gasteiger partial charge is 0.295 e. The summed E-state index contributed by atoms with van der Waals surface area (Å²) < 4.78 is 1.60. The average molecular weight is 369 g/mol. The van der Waals surface area contributed by atoms with E-state index >= 15 is 0 Å². The molecule has 3 rings (SSSR count). The molecular weight excluding hydrogens is 342 g/mol. The van der Waals surface area contributed by atoms with Gasteiger partial charge in [-0.15, -0.1) is 6.58 Å². The fourth-order valence-corrected chi connectivity index (χ4v) is 3.57. The normalized spacial score (nSPS) is 15.8. The van der Waals surface area contributed by atoms with Crippen LogP contribution in [0.3, 0.4) is 0 Å². The molecule has 27 heavy (non-hydrogen) atoms. The second kappa shape index (κ2) is 8.33. The van der Waals surface area contributed by atoms with Crippen LogP contribution in [0, 0.1) is 5.92 Å². The SMILES string of the molecule is C=CCn1c(=O)c(N2CCN(C(=O)C(C)CCC)CC2)nc2cccnc21. The monoisotopic (exact) mass is 369 g/mol. The van der Waals surface area contributed by atoms with E-state index < -0.39 is 0 Å². The third-order valence-electron chi connectivity index (χ3n) is 5.03. The summed E-state index contributed by atoms with van der Waals surface area (Å²) in [6.45, 7) is 10.6. The van der Waals surface area contributed by atoms with Gasteiger partial charge in [0, 0.05) is 44.8 Å². The maximum Gasteiger partial charge on any atom is 0.295 e. The lowest BCUT2D eigenvalue weighted by Gasteiger charge is -2.36. The Kier molecular flexibility index (Phi) is 5.88. The van der Waals surface area contributed by atoms with Crippen LogP contribution in [0.15, 0.2) is 35.8 Å². The third kappa shape index (κ3) is 3.86. The minimum absolute atomic E-state index is 0.0521. The number of carbonyl (C=O) groups is 1. The quantitative estimate of drug-likeness (QED) is 0.729. The molecule has 1 aliphatic heterocycles. The van der Waals surface area contributed by atoms with Gasteiger partial charge in [0.1, 0.15) is 5.52 Å². The van der Waals surface area contributed by atoms with Gasteiger partial charge in [0.25, 0.3) is 5.56 Å². The molecule has 1 fully saturated rings. The number of amides is 1. The zero-order valence-electron chi connectivity index (χ0n) is 16.1. The predicted molar refractivity (Wildman–Crippen MR) is 107 cm³/mol. The number of aromatic nitrogens is 3. The fourth-order valence-electron chi connectivity index (χ4n) is 3.57. The summed E-state index contributed by atoms with van der Waals surface area (Å²) in [4.78, 5) is 38.2. The molecule has 1 amide bonds. The van der Waals surface area contributed by atoms with Gasteiger partial charge in [0.15, 0.2) is 11.5 Å². The minimum atomic E-state index is -0.166. The highest BCUT2D eigenvalue weighted by Crippen LogP contribution is 2.17. The fraction of sp³-hybridized carbons (Fsp3) is 0.500. The van der Waals surface area contributed by atoms with Gasteiger partial charge in [-0.25, -0.2) is 9.97 Å². The van der Waals surface area contributed by atoms with E-state index in [-0.39, 0.29) is 17.4 Å². The summed E-state index contributed by atoms with van der Waals surface area (Å²) in [7, 11) is 0. The first kappa shape index (κ1) is 19.1. The summed E-state index contributed by atoms with van der Waals surface area (Å²) >= 11 is 0. The van der Waals surface area contributed by atoms with Crippen molar-refractivity contribution in [3.8, 4) is 0 Å². The molecule has 3 heterocycles. The van der Waals surface area contributed by atoms with Gasteiger partial charge in [-0.3, -0.25) is 14.2 Å². The number of nitrogens with zero attached hydrogens (tertiary/aromatic N) is 5. The Morgan fingerprint density at radius 2 is 2.07 bits per heavy atom. The van der Waals surface area contributed by atoms with Crippen LogP contribution in [-0.2, 0) is 11.3 Å². The summed E-state index contributed by atoms with van der Waals surface area (Å²) in [5, 5.41) is 0. The standard InChI is InChI=1S/C20H27N5O2/c1-4-7-15(3)19(26)24-13-11-23(12-14-24)18-20(27)25(10-5-2)17-16(22-18)8-6-9-21-17/h5-6,8-9,15H,2,4,7,10-14H2,1,3H3. The van der Waals surface area contributed by atoms with Crippen LogP contribution in [0.1, 0.15) is 26.7 Å². The lowest BCUT2D eigenvalue weighted by Crippen LogP contribution is -2.51. The van der Waals surface area contributed by atoms with Crippen molar-refractivity contribution in [1.29, 1.82) is 0 Å². The van der Waals surface area contributed by atoms with Crippen molar-refractivity contribution in [2.75, 3.05) is 31.1 Å². The van der Waals surface area contributed by atoms with Crippen LogP contribution in [0.25, 0.3) is 11.2 Å². The van der Waals surface area contributed by atoms with E-state index in [0.717, 1.165) is 12.8 Å². The molecule has 0 aliphatic carbocycles. The number of anilines is 1. The molecule has 2 aromatic heterocycles. The molecule has 0 bridgehead atoms. The second-order valence-corrected chi connectivity index (χ2v) is 6.99. The van der Waals surface area contributed by atoms with Crippen molar-refractivity contribution in [3.63, 3.8) is 0 Å². The highest BCUT2D eigenvalue weighted by atomic mass is 16.2. The van der Waals surface area contributed by atoms with Gasteiger partial charge in [-0.1, -0.05) is 26.3 Å². The lowest BCUT2D eigenvalue weighted by atomic mass is 10.0. The second-order valence-electron chi connectivity index (χ2n) is 6.99. The van der Waals surface area contributed by atoms with Crippen LogP contribution in [0.4, 0.5) is 5.82 Å². The molecule has 0 aromatic carbocycles. The molecule has 1 unspecified atom stereocenters. The molecule has 0 spiro atoms. The summed E-state index contributed by atoms with van der Waals surface area (Å²) in [6.07, 6.45) is 5.25. The molecular formula is C20H27N5O2. The maximum absolute atomic E-state index is 13.0. The predicted octanol–water partition coefficient (Wildman–Crippen LogP) is 2.06. The Labute approximate surface area is 159 Å². The van der Waals surface area contributed by atoms with E-state index in [0.29, 0.717) is 49.7 Å². The van der Waals surface area contributed by atoms with Gasteiger partial charge in [-0.05, 0) is 18.6 Å². The van der Waals surface area contributed by atoms with Gasteiger partial charge in [0.2, 0.25) is 5.91 Å². The van der Waals surface area contributed by atoms with E-state index in [9.17, 15) is 9.59 Å². The Morgan fingerprint density at radius 3 is 2.74 bits per heavy atom. The number of allylic oxidation sites excluding steroid dienone is 1. The van der Waals surface area contributed by atoms with E-state index in [1.165, 1.54) is 0 Å². The zero-order chi connectivity index (χ0) is 19.4. The molecule has 0 radical (unpaired) electrons. The van der Waals surface area contributed by atoms with Gasteiger partial charge in [0.05, 0.1) is 0 Å². The van der Waals surface area contributed by atoms with E-state index in [4.69, 9.17) is 0 Å². The third-order valence-corrected chi connectivity index (χ3v) is 5.03. The van der Waals surface area contributed by atoms with E-state index in [2.05, 4.69) is 23.5 Å². The lowest BCUT2D eigenvalue weighted by molar-refractivity contribution is -0.135. The van der Waals surface area contributed by atoms with Crippen LogP contribution < -0.4 is 10.5 Å². The number of fused-ring (bicyclic) bond motifs is 1. The first-order valence-electron chi connectivity index (χ1n) is 9.57. The Bertz CT molecular complexity index is 884. The molecule has 0 saturated carbocycles. The van der Waals surface area contributed by atoms with Crippen molar-refractivity contribution < 1.29 is 4.79 Å².